The number of anilines is 2. The smallest absolute Gasteiger partial charge is 0.406 e. The van der Waals surface area contributed by atoms with Gasteiger partial charge in [-0.15, -0.1) is 13.2 Å². The topological polar surface area (TPSA) is 98.1 Å². The fraction of sp³-hybridized carbons (Fsp3) is 0.231. The second-order valence-corrected chi connectivity index (χ2v) is 4.86. The molecule has 0 fully saturated rings. The standard InChI is InChI=1S/C13H10F3N5O3/c14-13(15,16)24-8-3-1-2-7(4-8)19-10(22)5-9-11(23)20-12-17-6-18-21(9)12/h1-4,6,9H,5H2,(H,19,22)(H,17,18,20,23). The number of aromatic nitrogens is 3. The van der Waals surface area contributed by atoms with Gasteiger partial charge in [0.25, 0.3) is 5.91 Å². The number of carbonyl (C=O) groups excluding carboxylic acids is 2. The molecule has 2 aromatic rings. The molecule has 1 aromatic carbocycles. The zero-order valence-electron chi connectivity index (χ0n) is 11.9. The third-order valence-corrected chi connectivity index (χ3v) is 3.14. The molecular weight excluding hydrogens is 331 g/mol. The largest absolute Gasteiger partial charge is 0.573 e. The molecule has 126 valence electrons. The van der Waals surface area contributed by atoms with Crippen LogP contribution in [0, 0.1) is 0 Å². The maximum absolute atomic E-state index is 12.2. The Hall–Kier alpha value is -3.11. The number of halogens is 3. The van der Waals surface area contributed by atoms with Crippen LogP contribution in [0.25, 0.3) is 0 Å². The highest BCUT2D eigenvalue weighted by Gasteiger charge is 2.34. The van der Waals surface area contributed by atoms with Crippen LogP contribution in [0.1, 0.15) is 12.5 Å². The summed E-state index contributed by atoms with van der Waals surface area (Å²) < 4.78 is 41.6. The predicted molar refractivity (Wildman–Crippen MR) is 74.1 cm³/mol. The summed E-state index contributed by atoms with van der Waals surface area (Å²) in [4.78, 5) is 27.6. The van der Waals surface area contributed by atoms with Crippen LogP contribution in [-0.2, 0) is 9.59 Å². The molecule has 0 aliphatic carbocycles. The van der Waals surface area contributed by atoms with Crippen LogP contribution >= 0.6 is 0 Å². The van der Waals surface area contributed by atoms with Gasteiger partial charge >= 0.3 is 6.36 Å². The fourth-order valence-corrected chi connectivity index (χ4v) is 2.21. The summed E-state index contributed by atoms with van der Waals surface area (Å²) in [6.45, 7) is 0. The molecule has 1 unspecified atom stereocenters. The predicted octanol–water partition coefficient (Wildman–Crippen LogP) is 1.70. The van der Waals surface area contributed by atoms with Crippen molar-refractivity contribution >= 4 is 23.5 Å². The third kappa shape index (κ3) is 3.45. The van der Waals surface area contributed by atoms with Gasteiger partial charge in [0.05, 0.1) is 6.42 Å². The molecule has 1 aliphatic rings. The van der Waals surface area contributed by atoms with Crippen molar-refractivity contribution < 1.29 is 27.5 Å². The van der Waals surface area contributed by atoms with Crippen LogP contribution in [0.3, 0.4) is 0 Å². The monoisotopic (exact) mass is 341 g/mol. The van der Waals surface area contributed by atoms with Crippen LogP contribution in [-0.4, -0.2) is 32.9 Å². The molecule has 3 rings (SSSR count). The minimum Gasteiger partial charge on any atom is -0.406 e. The van der Waals surface area contributed by atoms with Crippen molar-refractivity contribution in [2.75, 3.05) is 10.6 Å². The summed E-state index contributed by atoms with van der Waals surface area (Å²) >= 11 is 0. The summed E-state index contributed by atoms with van der Waals surface area (Å²) in [6.07, 6.45) is -3.84. The number of nitrogens with zero attached hydrogens (tertiary/aromatic N) is 3. The van der Waals surface area contributed by atoms with Crippen molar-refractivity contribution in [3.8, 4) is 5.75 Å². The minimum atomic E-state index is -4.83. The molecule has 2 amide bonds. The van der Waals surface area contributed by atoms with Crippen molar-refractivity contribution in [1.82, 2.24) is 14.8 Å². The Morgan fingerprint density at radius 1 is 1.42 bits per heavy atom. The third-order valence-electron chi connectivity index (χ3n) is 3.14. The number of fused-ring (bicyclic) bond motifs is 1. The first-order valence-corrected chi connectivity index (χ1v) is 6.68. The maximum Gasteiger partial charge on any atom is 0.573 e. The van der Waals surface area contributed by atoms with Crippen molar-refractivity contribution in [2.24, 2.45) is 0 Å². The van der Waals surface area contributed by atoms with E-state index >= 15 is 0 Å². The van der Waals surface area contributed by atoms with E-state index in [-0.39, 0.29) is 18.1 Å². The van der Waals surface area contributed by atoms with Crippen molar-refractivity contribution in [3.05, 3.63) is 30.6 Å². The van der Waals surface area contributed by atoms with Crippen molar-refractivity contribution in [3.63, 3.8) is 0 Å². The average Bonchev–Trinajstić information content (AvgIpc) is 3.00. The van der Waals surface area contributed by atoms with Gasteiger partial charge in [-0.05, 0) is 12.1 Å². The molecule has 1 aliphatic heterocycles. The molecule has 2 N–H and O–H groups in total. The maximum atomic E-state index is 12.2. The quantitative estimate of drug-likeness (QED) is 0.882. The zero-order valence-corrected chi connectivity index (χ0v) is 11.9. The van der Waals surface area contributed by atoms with Gasteiger partial charge in [-0.1, -0.05) is 6.07 Å². The zero-order chi connectivity index (χ0) is 17.3. The van der Waals surface area contributed by atoms with E-state index in [0.29, 0.717) is 0 Å². The molecule has 0 saturated carbocycles. The first kappa shape index (κ1) is 15.8. The molecular formula is C13H10F3N5O3. The summed E-state index contributed by atoms with van der Waals surface area (Å²) in [7, 11) is 0. The molecule has 0 saturated heterocycles. The Labute approximate surface area is 132 Å². The van der Waals surface area contributed by atoms with E-state index in [2.05, 4.69) is 25.5 Å². The lowest BCUT2D eigenvalue weighted by atomic mass is 10.2. The Morgan fingerprint density at radius 3 is 2.96 bits per heavy atom. The van der Waals surface area contributed by atoms with E-state index in [4.69, 9.17) is 0 Å². The van der Waals surface area contributed by atoms with Crippen LogP contribution < -0.4 is 15.4 Å². The van der Waals surface area contributed by atoms with Gasteiger partial charge in [0, 0.05) is 11.8 Å². The Morgan fingerprint density at radius 2 is 2.21 bits per heavy atom. The number of carbonyl (C=O) groups is 2. The molecule has 2 heterocycles. The van der Waals surface area contributed by atoms with E-state index in [0.717, 1.165) is 12.1 Å². The lowest BCUT2D eigenvalue weighted by Gasteiger charge is -2.12. The van der Waals surface area contributed by atoms with Crippen LogP contribution in [0.15, 0.2) is 30.6 Å². The second-order valence-electron chi connectivity index (χ2n) is 4.86. The van der Waals surface area contributed by atoms with E-state index in [9.17, 15) is 22.8 Å². The first-order chi connectivity index (χ1) is 11.3. The molecule has 0 bridgehead atoms. The highest BCUT2D eigenvalue weighted by atomic mass is 19.4. The number of hydrogen-bond acceptors (Lipinski definition) is 5. The SMILES string of the molecule is O=C(CC1C(=O)Nc2ncnn21)Nc1cccc(OC(F)(F)F)c1. The Kier molecular flexibility index (Phi) is 3.83. The number of amides is 2. The number of nitrogens with one attached hydrogen (secondary N) is 2. The number of rotatable bonds is 4. The number of benzene rings is 1. The minimum absolute atomic E-state index is 0.110. The Balaban J connectivity index is 1.65. The highest BCUT2D eigenvalue weighted by Crippen LogP contribution is 2.26. The lowest BCUT2D eigenvalue weighted by Crippen LogP contribution is -2.23. The first-order valence-electron chi connectivity index (χ1n) is 6.68. The normalized spacial score (nSPS) is 16.5. The van der Waals surface area contributed by atoms with E-state index in [1.807, 2.05) is 0 Å². The van der Waals surface area contributed by atoms with Gasteiger partial charge < -0.3 is 10.1 Å². The number of alkyl halides is 3. The highest BCUT2D eigenvalue weighted by molar-refractivity contribution is 6.00. The molecule has 0 radical (unpaired) electrons. The van der Waals surface area contributed by atoms with Gasteiger partial charge in [0.1, 0.15) is 18.1 Å². The molecule has 8 nitrogen and oxygen atoms in total. The van der Waals surface area contributed by atoms with Gasteiger partial charge in [-0.2, -0.15) is 10.1 Å². The Bertz CT molecular complexity index is 789. The molecule has 1 atom stereocenters. The summed E-state index contributed by atoms with van der Waals surface area (Å²) in [5.41, 5.74) is 0.110. The van der Waals surface area contributed by atoms with E-state index in [1.54, 1.807) is 0 Å². The van der Waals surface area contributed by atoms with Crippen molar-refractivity contribution in [2.45, 2.75) is 18.8 Å². The second kappa shape index (κ2) is 5.83. The number of ether oxygens (including phenoxy) is 1. The fourth-order valence-electron chi connectivity index (χ4n) is 2.21. The van der Waals surface area contributed by atoms with Crippen molar-refractivity contribution in [1.29, 1.82) is 0 Å². The molecule has 11 heteroatoms. The summed E-state index contributed by atoms with van der Waals surface area (Å²) in [6, 6.07) is 3.97. The summed E-state index contributed by atoms with van der Waals surface area (Å²) in [5, 5.41) is 8.71. The average molecular weight is 341 g/mol. The van der Waals surface area contributed by atoms with Gasteiger partial charge in [-0.25, -0.2) is 4.68 Å². The molecule has 1 aromatic heterocycles. The van der Waals surface area contributed by atoms with Gasteiger partial charge in [0.15, 0.2) is 0 Å². The number of hydrogen-bond donors (Lipinski definition) is 2. The molecule has 0 spiro atoms. The van der Waals surface area contributed by atoms with Crippen LogP contribution in [0.2, 0.25) is 0 Å². The van der Waals surface area contributed by atoms with Gasteiger partial charge in [0.2, 0.25) is 11.9 Å². The lowest BCUT2D eigenvalue weighted by molar-refractivity contribution is -0.274. The van der Waals surface area contributed by atoms with E-state index < -0.39 is 30.0 Å². The van der Waals surface area contributed by atoms with E-state index in [1.165, 1.54) is 23.1 Å². The summed E-state index contributed by atoms with van der Waals surface area (Å²) in [5.74, 6) is -1.23. The van der Waals surface area contributed by atoms with Gasteiger partial charge in [-0.3, -0.25) is 14.9 Å². The van der Waals surface area contributed by atoms with Crippen LogP contribution in [0.5, 0.6) is 5.75 Å². The molecule has 24 heavy (non-hydrogen) atoms. The van der Waals surface area contributed by atoms with Crippen LogP contribution in [0.4, 0.5) is 24.8 Å².